The Morgan fingerprint density at radius 2 is 1.72 bits per heavy atom. The zero-order valence-corrected chi connectivity index (χ0v) is 15.8. The van der Waals surface area contributed by atoms with Crippen molar-refractivity contribution in [1.82, 2.24) is 5.32 Å². The monoisotopic (exact) mass is 361 g/mol. The summed E-state index contributed by atoms with van der Waals surface area (Å²) in [4.78, 5) is 11.6. The molecule has 2 aromatic rings. The van der Waals surface area contributed by atoms with Crippen molar-refractivity contribution >= 4 is 17.7 Å². The number of ether oxygens (including phenoxy) is 2. The first kappa shape index (κ1) is 19.1. The fourth-order valence-electron chi connectivity index (χ4n) is 2.12. The number of aryl methyl sites for hydroxylation is 1. The van der Waals surface area contributed by atoms with Gasteiger partial charge in [0, 0.05) is 11.6 Å². The molecule has 0 aromatic heterocycles. The number of alkyl carbamates (subject to hydrolysis) is 1. The van der Waals surface area contributed by atoms with Gasteiger partial charge in [0.1, 0.15) is 17.1 Å². The molecule has 0 bridgehead atoms. The molecular weight excluding hydrogens is 338 g/mol. The van der Waals surface area contributed by atoms with Crippen molar-refractivity contribution in [3.05, 3.63) is 58.6 Å². The van der Waals surface area contributed by atoms with Crippen molar-refractivity contribution in [3.8, 4) is 11.5 Å². The Hall–Kier alpha value is -2.20. The first-order valence-corrected chi connectivity index (χ1v) is 8.60. The third-order valence-electron chi connectivity index (χ3n) is 3.38. The van der Waals surface area contributed by atoms with Crippen LogP contribution in [0, 0.1) is 6.92 Å². The molecule has 0 radical (unpaired) electrons. The maximum atomic E-state index is 11.6. The van der Waals surface area contributed by atoms with E-state index in [1.54, 1.807) is 6.07 Å². The van der Waals surface area contributed by atoms with Gasteiger partial charge in [0.25, 0.3) is 0 Å². The molecule has 2 rings (SSSR count). The first-order valence-electron chi connectivity index (χ1n) is 8.23. The van der Waals surface area contributed by atoms with Gasteiger partial charge in [0.15, 0.2) is 0 Å². The maximum absolute atomic E-state index is 11.6. The zero-order valence-electron chi connectivity index (χ0n) is 15.1. The van der Waals surface area contributed by atoms with Gasteiger partial charge in [-0.3, -0.25) is 0 Å². The van der Waals surface area contributed by atoms with E-state index in [4.69, 9.17) is 21.1 Å². The molecule has 0 aliphatic carbocycles. The molecule has 0 aliphatic heterocycles. The van der Waals surface area contributed by atoms with Gasteiger partial charge < -0.3 is 14.8 Å². The number of nitrogens with one attached hydrogen (secondary N) is 1. The van der Waals surface area contributed by atoms with Crippen molar-refractivity contribution in [2.24, 2.45) is 0 Å². The molecule has 134 valence electrons. The number of carbonyl (C=O) groups is 1. The molecule has 1 amide bonds. The molecule has 0 unspecified atom stereocenters. The van der Waals surface area contributed by atoms with Gasteiger partial charge in [-0.05, 0) is 69.5 Å². The minimum absolute atomic E-state index is 0.399. The predicted octanol–water partition coefficient (Wildman–Crippen LogP) is 5.51. The SMILES string of the molecule is Cc1ccc(Oc2ccc(CCNC(=O)OC(C)(C)C)cc2)cc1Cl. The van der Waals surface area contributed by atoms with Crippen LogP contribution in [0.4, 0.5) is 4.79 Å². The van der Waals surface area contributed by atoms with Crippen LogP contribution in [-0.4, -0.2) is 18.2 Å². The molecule has 0 aliphatic rings. The molecule has 2 aromatic carbocycles. The number of amides is 1. The van der Waals surface area contributed by atoms with E-state index in [-0.39, 0.29) is 0 Å². The summed E-state index contributed by atoms with van der Waals surface area (Å²) in [6, 6.07) is 13.4. The van der Waals surface area contributed by atoms with Crippen LogP contribution in [0.1, 0.15) is 31.9 Å². The number of rotatable bonds is 5. The second-order valence-corrected chi connectivity index (χ2v) is 7.24. The van der Waals surface area contributed by atoms with Crippen molar-refractivity contribution < 1.29 is 14.3 Å². The van der Waals surface area contributed by atoms with Gasteiger partial charge in [0.2, 0.25) is 0 Å². The standard InChI is InChI=1S/C20H24ClNO3/c1-14-5-8-17(13-18(14)21)24-16-9-6-15(7-10-16)11-12-22-19(23)25-20(2,3)4/h5-10,13H,11-12H2,1-4H3,(H,22,23). The molecular formula is C20H24ClNO3. The largest absolute Gasteiger partial charge is 0.457 e. The summed E-state index contributed by atoms with van der Waals surface area (Å²) in [5, 5.41) is 3.43. The summed E-state index contributed by atoms with van der Waals surface area (Å²) in [7, 11) is 0. The molecule has 4 nitrogen and oxygen atoms in total. The van der Waals surface area contributed by atoms with E-state index in [2.05, 4.69) is 5.32 Å². The number of halogens is 1. The topological polar surface area (TPSA) is 47.6 Å². The summed E-state index contributed by atoms with van der Waals surface area (Å²) >= 11 is 6.10. The number of hydrogen-bond acceptors (Lipinski definition) is 3. The van der Waals surface area contributed by atoms with E-state index in [1.165, 1.54) is 0 Å². The van der Waals surface area contributed by atoms with Gasteiger partial charge in [0.05, 0.1) is 0 Å². The third-order valence-corrected chi connectivity index (χ3v) is 3.79. The third kappa shape index (κ3) is 6.67. The Morgan fingerprint density at radius 1 is 1.08 bits per heavy atom. The summed E-state index contributed by atoms with van der Waals surface area (Å²) in [5.74, 6) is 1.44. The van der Waals surface area contributed by atoms with Gasteiger partial charge in [-0.25, -0.2) is 4.79 Å². The molecule has 0 saturated carbocycles. The van der Waals surface area contributed by atoms with Gasteiger partial charge >= 0.3 is 6.09 Å². The molecule has 0 atom stereocenters. The highest BCUT2D eigenvalue weighted by Gasteiger charge is 2.15. The average Bonchev–Trinajstić information content (AvgIpc) is 2.51. The number of benzene rings is 2. The lowest BCUT2D eigenvalue weighted by molar-refractivity contribution is 0.0528. The summed E-state index contributed by atoms with van der Waals surface area (Å²) in [6.45, 7) is 7.99. The van der Waals surface area contributed by atoms with E-state index in [0.29, 0.717) is 17.3 Å². The van der Waals surface area contributed by atoms with Gasteiger partial charge in [-0.2, -0.15) is 0 Å². The molecule has 25 heavy (non-hydrogen) atoms. The molecule has 0 heterocycles. The minimum atomic E-state index is -0.484. The maximum Gasteiger partial charge on any atom is 0.407 e. The minimum Gasteiger partial charge on any atom is -0.457 e. The highest BCUT2D eigenvalue weighted by atomic mass is 35.5. The zero-order chi connectivity index (χ0) is 18.4. The van der Waals surface area contributed by atoms with E-state index < -0.39 is 11.7 Å². The average molecular weight is 362 g/mol. The van der Waals surface area contributed by atoms with Crippen LogP contribution in [0.25, 0.3) is 0 Å². The Kier molecular flexibility index (Phi) is 6.32. The predicted molar refractivity (Wildman–Crippen MR) is 101 cm³/mol. The van der Waals surface area contributed by atoms with E-state index >= 15 is 0 Å². The van der Waals surface area contributed by atoms with Gasteiger partial charge in [-0.15, -0.1) is 0 Å². The first-order chi connectivity index (χ1) is 11.7. The Morgan fingerprint density at radius 3 is 2.32 bits per heavy atom. The fourth-order valence-corrected chi connectivity index (χ4v) is 2.29. The normalized spacial score (nSPS) is 11.1. The van der Waals surface area contributed by atoms with Crippen LogP contribution >= 0.6 is 11.6 Å². The molecule has 0 saturated heterocycles. The lowest BCUT2D eigenvalue weighted by Crippen LogP contribution is -2.33. The molecule has 0 spiro atoms. The summed E-state index contributed by atoms with van der Waals surface area (Å²) < 4.78 is 11.0. The van der Waals surface area contributed by atoms with Crippen LogP contribution in [0.2, 0.25) is 5.02 Å². The Labute approximate surface area is 154 Å². The van der Waals surface area contributed by atoms with Crippen LogP contribution in [-0.2, 0) is 11.2 Å². The van der Waals surface area contributed by atoms with Crippen molar-refractivity contribution in [1.29, 1.82) is 0 Å². The van der Waals surface area contributed by atoms with Gasteiger partial charge in [-0.1, -0.05) is 29.8 Å². The second-order valence-electron chi connectivity index (χ2n) is 6.84. The van der Waals surface area contributed by atoms with E-state index in [1.807, 2.05) is 64.1 Å². The Bertz CT molecular complexity index is 721. The highest BCUT2D eigenvalue weighted by molar-refractivity contribution is 6.31. The molecule has 5 heteroatoms. The summed E-state index contributed by atoms with van der Waals surface area (Å²) in [5.41, 5.74) is 1.63. The quantitative estimate of drug-likeness (QED) is 0.764. The van der Waals surface area contributed by atoms with Crippen LogP contribution in [0.3, 0.4) is 0 Å². The lowest BCUT2D eigenvalue weighted by atomic mass is 10.1. The lowest BCUT2D eigenvalue weighted by Gasteiger charge is -2.19. The van der Waals surface area contributed by atoms with Crippen molar-refractivity contribution in [2.75, 3.05) is 6.54 Å². The van der Waals surface area contributed by atoms with E-state index in [0.717, 1.165) is 23.3 Å². The van der Waals surface area contributed by atoms with Crippen molar-refractivity contribution in [3.63, 3.8) is 0 Å². The number of carbonyl (C=O) groups excluding carboxylic acids is 1. The van der Waals surface area contributed by atoms with Crippen LogP contribution < -0.4 is 10.1 Å². The molecule has 1 N–H and O–H groups in total. The smallest absolute Gasteiger partial charge is 0.407 e. The highest BCUT2D eigenvalue weighted by Crippen LogP contribution is 2.26. The fraction of sp³-hybridized carbons (Fsp3) is 0.350. The second kappa shape index (κ2) is 8.26. The number of hydrogen-bond donors (Lipinski definition) is 1. The summed E-state index contributed by atoms with van der Waals surface area (Å²) in [6.07, 6.45) is 0.319. The van der Waals surface area contributed by atoms with Crippen LogP contribution in [0.15, 0.2) is 42.5 Å². The van der Waals surface area contributed by atoms with E-state index in [9.17, 15) is 4.79 Å². The van der Waals surface area contributed by atoms with Crippen molar-refractivity contribution in [2.45, 2.75) is 39.7 Å². The Balaban J connectivity index is 1.83. The van der Waals surface area contributed by atoms with Crippen LogP contribution in [0.5, 0.6) is 11.5 Å². The molecule has 0 fully saturated rings.